The largest absolute Gasteiger partial charge is 0.416 e. The summed E-state index contributed by atoms with van der Waals surface area (Å²) in [5, 5.41) is 8.03. The van der Waals surface area contributed by atoms with Gasteiger partial charge >= 0.3 is 6.18 Å². The highest BCUT2D eigenvalue weighted by atomic mass is 32.2. The van der Waals surface area contributed by atoms with Crippen LogP contribution in [0.1, 0.15) is 47.8 Å². The van der Waals surface area contributed by atoms with Gasteiger partial charge in [0.15, 0.2) is 5.69 Å². The molecular weight excluding hydrogens is 435 g/mol. The molecule has 2 aliphatic heterocycles. The second kappa shape index (κ2) is 8.23. The Bertz CT molecular complexity index is 1040. The summed E-state index contributed by atoms with van der Waals surface area (Å²) in [6, 6.07) is 3.41. The molecule has 1 aromatic carbocycles. The molecule has 31 heavy (non-hydrogen) atoms. The van der Waals surface area contributed by atoms with Crippen LogP contribution in [0.3, 0.4) is 0 Å². The van der Waals surface area contributed by atoms with Gasteiger partial charge in [-0.2, -0.15) is 17.5 Å². The van der Waals surface area contributed by atoms with Gasteiger partial charge in [0, 0.05) is 26.2 Å². The number of carbonyl (C=O) groups is 1. The minimum atomic E-state index is -4.52. The molecule has 1 aromatic heterocycles. The molecule has 0 N–H and O–H groups in total. The second-order valence-electron chi connectivity index (χ2n) is 7.74. The molecule has 1 amide bonds. The fourth-order valence-electron chi connectivity index (χ4n) is 3.95. The Morgan fingerprint density at radius 1 is 1.00 bits per heavy atom. The first-order valence-electron chi connectivity index (χ1n) is 10.0. The molecule has 8 nitrogen and oxygen atoms in total. The van der Waals surface area contributed by atoms with Crippen LogP contribution in [0, 0.1) is 0 Å². The summed E-state index contributed by atoms with van der Waals surface area (Å²) in [4.78, 5) is 14.0. The van der Waals surface area contributed by atoms with Crippen molar-refractivity contribution in [2.24, 2.45) is 0 Å². The molecule has 2 aromatic rings. The summed E-state index contributed by atoms with van der Waals surface area (Å²) in [7, 11) is -3.89. The second-order valence-corrected chi connectivity index (χ2v) is 9.68. The van der Waals surface area contributed by atoms with Crippen molar-refractivity contribution in [3.63, 3.8) is 0 Å². The Morgan fingerprint density at radius 2 is 1.61 bits per heavy atom. The SMILES string of the molecule is O=C(c1cn(C2CCN(S(=O)(=O)c3ccc(C(F)(F)F)cc3)CC2)nn1)N1CCCC1. The Hall–Kier alpha value is -2.47. The lowest BCUT2D eigenvalue weighted by molar-refractivity contribution is -0.137. The highest BCUT2D eigenvalue weighted by molar-refractivity contribution is 7.89. The van der Waals surface area contributed by atoms with Crippen molar-refractivity contribution in [3.8, 4) is 0 Å². The van der Waals surface area contributed by atoms with E-state index in [1.54, 1.807) is 15.8 Å². The first kappa shape index (κ1) is 21.8. The van der Waals surface area contributed by atoms with Crippen LogP contribution in [-0.2, 0) is 16.2 Å². The van der Waals surface area contributed by atoms with Crippen LogP contribution in [0.25, 0.3) is 0 Å². The quantitative estimate of drug-likeness (QED) is 0.704. The number of amides is 1. The number of rotatable bonds is 4. The summed E-state index contributed by atoms with van der Waals surface area (Å²) < 4.78 is 66.6. The molecule has 2 aliphatic rings. The van der Waals surface area contributed by atoms with Gasteiger partial charge in [0.1, 0.15) is 0 Å². The number of likely N-dealkylation sites (tertiary alicyclic amines) is 1. The van der Waals surface area contributed by atoms with Crippen LogP contribution in [0.15, 0.2) is 35.4 Å². The van der Waals surface area contributed by atoms with E-state index in [-0.39, 0.29) is 35.6 Å². The number of hydrogen-bond donors (Lipinski definition) is 0. The maximum Gasteiger partial charge on any atom is 0.416 e. The third-order valence-electron chi connectivity index (χ3n) is 5.74. The zero-order chi connectivity index (χ0) is 22.2. The monoisotopic (exact) mass is 457 g/mol. The Balaban J connectivity index is 1.40. The van der Waals surface area contributed by atoms with Crippen molar-refractivity contribution in [2.45, 2.75) is 42.8 Å². The summed E-state index contributed by atoms with van der Waals surface area (Å²) in [5.74, 6) is -0.147. The molecule has 168 valence electrons. The van der Waals surface area contributed by atoms with Crippen LogP contribution in [-0.4, -0.2) is 64.7 Å². The smallest absolute Gasteiger partial charge is 0.337 e. The van der Waals surface area contributed by atoms with E-state index < -0.39 is 21.8 Å². The van der Waals surface area contributed by atoms with Gasteiger partial charge in [0.2, 0.25) is 10.0 Å². The predicted molar refractivity (Wildman–Crippen MR) is 104 cm³/mol. The first-order valence-corrected chi connectivity index (χ1v) is 11.5. The van der Waals surface area contributed by atoms with E-state index in [1.165, 1.54) is 4.31 Å². The van der Waals surface area contributed by atoms with Gasteiger partial charge in [-0.15, -0.1) is 5.10 Å². The molecule has 0 radical (unpaired) electrons. The van der Waals surface area contributed by atoms with Crippen molar-refractivity contribution in [1.29, 1.82) is 0 Å². The first-order chi connectivity index (χ1) is 14.7. The molecule has 2 fully saturated rings. The number of halogens is 3. The molecule has 0 atom stereocenters. The van der Waals surface area contributed by atoms with Gasteiger partial charge in [-0.3, -0.25) is 4.79 Å². The number of sulfonamides is 1. The maximum absolute atomic E-state index is 12.8. The number of aromatic nitrogens is 3. The maximum atomic E-state index is 12.8. The van der Waals surface area contributed by atoms with E-state index in [4.69, 9.17) is 0 Å². The standard InChI is InChI=1S/C19H22F3N5O3S/c20-19(21,22)14-3-5-16(6-4-14)31(29,30)26-11-7-15(8-12-26)27-13-17(23-24-27)18(28)25-9-1-2-10-25/h3-6,13,15H,1-2,7-12H2. The van der Waals surface area contributed by atoms with Gasteiger partial charge in [-0.1, -0.05) is 5.21 Å². The lowest BCUT2D eigenvalue weighted by Gasteiger charge is -2.31. The zero-order valence-electron chi connectivity index (χ0n) is 16.6. The fourth-order valence-corrected chi connectivity index (χ4v) is 5.42. The van der Waals surface area contributed by atoms with E-state index in [9.17, 15) is 26.4 Å². The third-order valence-corrected chi connectivity index (χ3v) is 7.65. The Labute approximate surface area is 177 Å². The van der Waals surface area contributed by atoms with Gasteiger partial charge in [0.25, 0.3) is 5.91 Å². The van der Waals surface area contributed by atoms with E-state index in [0.29, 0.717) is 25.9 Å². The number of carbonyl (C=O) groups excluding carboxylic acids is 1. The normalized spacial score (nSPS) is 19.1. The molecule has 0 bridgehead atoms. The molecule has 4 rings (SSSR count). The van der Waals surface area contributed by atoms with Crippen molar-refractivity contribution in [2.75, 3.05) is 26.2 Å². The van der Waals surface area contributed by atoms with Crippen LogP contribution in [0.4, 0.5) is 13.2 Å². The zero-order valence-corrected chi connectivity index (χ0v) is 17.4. The van der Waals surface area contributed by atoms with Crippen molar-refractivity contribution in [3.05, 3.63) is 41.7 Å². The fraction of sp³-hybridized carbons (Fsp3) is 0.526. The Morgan fingerprint density at radius 3 is 2.19 bits per heavy atom. The molecular formula is C19H22F3N5O3S. The van der Waals surface area contributed by atoms with Crippen molar-refractivity contribution < 1.29 is 26.4 Å². The van der Waals surface area contributed by atoms with E-state index in [0.717, 1.165) is 37.1 Å². The summed E-state index contributed by atoms with van der Waals surface area (Å²) in [5.41, 5.74) is -0.614. The van der Waals surface area contributed by atoms with Gasteiger partial charge in [-0.05, 0) is 49.9 Å². The summed E-state index contributed by atoms with van der Waals surface area (Å²) >= 11 is 0. The number of alkyl halides is 3. The van der Waals surface area contributed by atoms with Crippen LogP contribution in [0.2, 0.25) is 0 Å². The highest BCUT2D eigenvalue weighted by Crippen LogP contribution is 2.31. The topological polar surface area (TPSA) is 88.4 Å². The lowest BCUT2D eigenvalue weighted by Crippen LogP contribution is -2.39. The molecule has 0 unspecified atom stereocenters. The number of benzene rings is 1. The minimum absolute atomic E-state index is 0.105. The minimum Gasteiger partial charge on any atom is -0.337 e. The van der Waals surface area contributed by atoms with Crippen LogP contribution < -0.4 is 0 Å². The van der Waals surface area contributed by atoms with Gasteiger partial charge < -0.3 is 4.90 Å². The van der Waals surface area contributed by atoms with Crippen LogP contribution >= 0.6 is 0 Å². The summed E-state index contributed by atoms with van der Waals surface area (Å²) in [6.07, 6.45) is -0.0442. The van der Waals surface area contributed by atoms with Gasteiger partial charge in [0.05, 0.1) is 22.7 Å². The third kappa shape index (κ3) is 4.45. The number of hydrogen-bond acceptors (Lipinski definition) is 5. The number of piperidine rings is 1. The summed E-state index contributed by atoms with van der Waals surface area (Å²) in [6.45, 7) is 1.82. The Kier molecular flexibility index (Phi) is 5.77. The van der Waals surface area contributed by atoms with Gasteiger partial charge in [-0.25, -0.2) is 13.1 Å². The van der Waals surface area contributed by atoms with Crippen molar-refractivity contribution in [1.82, 2.24) is 24.2 Å². The molecule has 0 aliphatic carbocycles. The van der Waals surface area contributed by atoms with E-state index >= 15 is 0 Å². The van der Waals surface area contributed by atoms with E-state index in [2.05, 4.69) is 10.3 Å². The number of nitrogens with zero attached hydrogens (tertiary/aromatic N) is 5. The highest BCUT2D eigenvalue weighted by Gasteiger charge is 2.33. The average Bonchev–Trinajstić information content (AvgIpc) is 3.45. The molecule has 3 heterocycles. The van der Waals surface area contributed by atoms with Crippen molar-refractivity contribution >= 4 is 15.9 Å². The van der Waals surface area contributed by atoms with Crippen LogP contribution in [0.5, 0.6) is 0 Å². The molecule has 0 saturated carbocycles. The predicted octanol–water partition coefficient (Wildman–Crippen LogP) is 2.56. The molecule has 0 spiro atoms. The molecule has 12 heteroatoms. The average molecular weight is 457 g/mol. The molecule has 2 saturated heterocycles. The lowest BCUT2D eigenvalue weighted by atomic mass is 10.1. The van der Waals surface area contributed by atoms with E-state index in [1.807, 2.05) is 0 Å².